The molecule has 4 heteroatoms. The van der Waals surface area contributed by atoms with Crippen molar-refractivity contribution in [2.45, 2.75) is 52.1 Å². The van der Waals surface area contributed by atoms with E-state index >= 15 is 0 Å². The van der Waals surface area contributed by atoms with Crippen LogP contribution in [0.4, 0.5) is 0 Å². The molecule has 1 heterocycles. The van der Waals surface area contributed by atoms with Crippen LogP contribution in [-0.4, -0.2) is 27.8 Å². The number of aromatic nitrogens is 2. The van der Waals surface area contributed by atoms with Crippen LogP contribution in [0.15, 0.2) is 12.5 Å². The second kappa shape index (κ2) is 6.34. The average molecular weight is 251 g/mol. The van der Waals surface area contributed by atoms with Crippen LogP contribution in [0, 0.1) is 5.41 Å². The Bertz CT molecular complexity index is 356. The third-order valence-electron chi connectivity index (χ3n) is 4.07. The Morgan fingerprint density at radius 2 is 2.22 bits per heavy atom. The molecule has 0 bridgehead atoms. The van der Waals surface area contributed by atoms with Crippen LogP contribution in [0.5, 0.6) is 0 Å². The summed E-state index contributed by atoms with van der Waals surface area (Å²) in [5.41, 5.74) is 1.37. The summed E-state index contributed by atoms with van der Waals surface area (Å²) in [7, 11) is 0. The molecule has 4 nitrogen and oxygen atoms in total. The van der Waals surface area contributed by atoms with E-state index < -0.39 is 0 Å². The first-order chi connectivity index (χ1) is 8.79. The molecule has 18 heavy (non-hydrogen) atoms. The Morgan fingerprint density at radius 1 is 1.44 bits per heavy atom. The van der Waals surface area contributed by atoms with Gasteiger partial charge < -0.3 is 15.0 Å². The summed E-state index contributed by atoms with van der Waals surface area (Å²) in [6.07, 6.45) is 9.80. The van der Waals surface area contributed by atoms with Crippen molar-refractivity contribution >= 4 is 0 Å². The zero-order valence-corrected chi connectivity index (χ0v) is 11.4. The first kappa shape index (κ1) is 13.6. The van der Waals surface area contributed by atoms with Gasteiger partial charge in [0.1, 0.15) is 0 Å². The van der Waals surface area contributed by atoms with Crippen molar-refractivity contribution in [3.8, 4) is 0 Å². The molecule has 1 aliphatic carbocycles. The molecule has 0 unspecified atom stereocenters. The van der Waals surface area contributed by atoms with E-state index in [1.807, 2.05) is 12.5 Å². The standard InChI is InChI=1S/C14H25N3O/c1-2-7-17-12-16-9-13(17)8-15-10-14(11-18)5-3-4-6-14/h9,12,15,18H,2-8,10-11H2,1H3. The Hall–Kier alpha value is -0.870. The Labute approximate surface area is 109 Å². The molecule has 0 amide bonds. The molecular formula is C14H25N3O. The molecule has 1 aromatic rings. The summed E-state index contributed by atoms with van der Waals surface area (Å²) < 4.78 is 2.20. The Kier molecular flexibility index (Phi) is 4.78. The van der Waals surface area contributed by atoms with Crippen LogP contribution >= 0.6 is 0 Å². The summed E-state index contributed by atoms with van der Waals surface area (Å²) in [5, 5.41) is 13.1. The fourth-order valence-corrected chi connectivity index (χ4v) is 2.91. The van der Waals surface area contributed by atoms with Gasteiger partial charge in [-0.25, -0.2) is 4.98 Å². The number of aryl methyl sites for hydroxylation is 1. The average Bonchev–Trinajstić information content (AvgIpc) is 3.01. The third-order valence-corrected chi connectivity index (χ3v) is 4.07. The number of nitrogens with one attached hydrogen (secondary N) is 1. The highest BCUT2D eigenvalue weighted by Crippen LogP contribution is 2.36. The lowest BCUT2D eigenvalue weighted by molar-refractivity contribution is 0.128. The highest BCUT2D eigenvalue weighted by atomic mass is 16.3. The topological polar surface area (TPSA) is 50.1 Å². The third kappa shape index (κ3) is 3.12. The van der Waals surface area contributed by atoms with E-state index in [9.17, 15) is 5.11 Å². The van der Waals surface area contributed by atoms with E-state index in [2.05, 4.69) is 21.8 Å². The van der Waals surface area contributed by atoms with Crippen molar-refractivity contribution < 1.29 is 5.11 Å². The molecule has 1 saturated carbocycles. The lowest BCUT2D eigenvalue weighted by Gasteiger charge is -2.26. The van der Waals surface area contributed by atoms with Gasteiger partial charge >= 0.3 is 0 Å². The lowest BCUT2D eigenvalue weighted by atomic mass is 9.87. The van der Waals surface area contributed by atoms with Crippen molar-refractivity contribution in [1.82, 2.24) is 14.9 Å². The van der Waals surface area contributed by atoms with E-state index in [1.165, 1.54) is 18.5 Å². The van der Waals surface area contributed by atoms with Crippen molar-refractivity contribution in [2.75, 3.05) is 13.2 Å². The van der Waals surface area contributed by atoms with Gasteiger partial charge in [-0.2, -0.15) is 0 Å². The summed E-state index contributed by atoms with van der Waals surface area (Å²) >= 11 is 0. The van der Waals surface area contributed by atoms with Gasteiger partial charge in [0.05, 0.1) is 12.0 Å². The number of rotatable bonds is 7. The minimum absolute atomic E-state index is 0.135. The van der Waals surface area contributed by atoms with Crippen molar-refractivity contribution in [3.05, 3.63) is 18.2 Å². The number of hydrogen-bond acceptors (Lipinski definition) is 3. The lowest BCUT2D eigenvalue weighted by Crippen LogP contribution is -2.35. The summed E-state index contributed by atoms with van der Waals surface area (Å²) in [6.45, 7) is 5.29. The van der Waals surface area contributed by atoms with Crippen LogP contribution in [0.25, 0.3) is 0 Å². The number of imidazole rings is 1. The molecule has 1 fully saturated rings. The maximum Gasteiger partial charge on any atom is 0.0948 e. The van der Waals surface area contributed by atoms with E-state index in [4.69, 9.17) is 0 Å². The van der Waals surface area contributed by atoms with Crippen molar-refractivity contribution in [1.29, 1.82) is 0 Å². The van der Waals surface area contributed by atoms with E-state index in [0.717, 1.165) is 38.9 Å². The number of nitrogens with zero attached hydrogens (tertiary/aromatic N) is 2. The van der Waals surface area contributed by atoms with Gasteiger partial charge in [-0.05, 0) is 19.3 Å². The smallest absolute Gasteiger partial charge is 0.0948 e. The molecule has 1 aliphatic rings. The second-order valence-corrected chi connectivity index (χ2v) is 5.55. The molecule has 0 aliphatic heterocycles. The summed E-state index contributed by atoms with van der Waals surface area (Å²) in [5.74, 6) is 0. The predicted octanol–water partition coefficient (Wildman–Crippen LogP) is 1.94. The van der Waals surface area contributed by atoms with Crippen molar-refractivity contribution in [2.24, 2.45) is 5.41 Å². The molecular weight excluding hydrogens is 226 g/mol. The molecule has 102 valence electrons. The van der Waals surface area contributed by atoms with Crippen LogP contribution in [0.2, 0.25) is 0 Å². The highest BCUT2D eigenvalue weighted by molar-refractivity contribution is 4.98. The molecule has 2 N–H and O–H groups in total. The minimum Gasteiger partial charge on any atom is -0.396 e. The quantitative estimate of drug-likeness (QED) is 0.778. The van der Waals surface area contributed by atoms with Gasteiger partial charge in [-0.1, -0.05) is 19.8 Å². The maximum absolute atomic E-state index is 9.55. The van der Waals surface area contributed by atoms with Gasteiger partial charge in [0.2, 0.25) is 0 Å². The summed E-state index contributed by atoms with van der Waals surface area (Å²) in [6, 6.07) is 0. The zero-order chi connectivity index (χ0) is 12.8. The number of hydrogen-bond donors (Lipinski definition) is 2. The van der Waals surface area contributed by atoms with E-state index in [-0.39, 0.29) is 5.41 Å². The van der Waals surface area contributed by atoms with E-state index in [0.29, 0.717) is 6.61 Å². The normalized spacial score (nSPS) is 18.3. The number of aliphatic hydroxyl groups excluding tert-OH is 1. The zero-order valence-electron chi connectivity index (χ0n) is 11.4. The molecule has 0 atom stereocenters. The van der Waals surface area contributed by atoms with Crippen LogP contribution < -0.4 is 5.32 Å². The fourth-order valence-electron chi connectivity index (χ4n) is 2.91. The SMILES string of the molecule is CCCn1cncc1CNCC1(CO)CCCC1. The van der Waals surface area contributed by atoms with Gasteiger partial charge in [0.15, 0.2) is 0 Å². The fraction of sp³-hybridized carbons (Fsp3) is 0.786. The van der Waals surface area contributed by atoms with Gasteiger partial charge in [-0.15, -0.1) is 0 Å². The molecule has 0 radical (unpaired) electrons. The first-order valence-electron chi connectivity index (χ1n) is 7.10. The van der Waals surface area contributed by atoms with Crippen LogP contribution in [0.3, 0.4) is 0 Å². The second-order valence-electron chi connectivity index (χ2n) is 5.55. The van der Waals surface area contributed by atoms with Crippen LogP contribution in [0.1, 0.15) is 44.7 Å². The summed E-state index contributed by atoms with van der Waals surface area (Å²) in [4.78, 5) is 4.20. The molecule has 1 aromatic heterocycles. The van der Waals surface area contributed by atoms with Crippen molar-refractivity contribution in [3.63, 3.8) is 0 Å². The molecule has 2 rings (SSSR count). The molecule has 0 aromatic carbocycles. The number of aliphatic hydroxyl groups is 1. The molecule has 0 saturated heterocycles. The van der Waals surface area contributed by atoms with E-state index in [1.54, 1.807) is 0 Å². The maximum atomic E-state index is 9.55. The van der Waals surface area contributed by atoms with Crippen LogP contribution in [-0.2, 0) is 13.1 Å². The van der Waals surface area contributed by atoms with Gasteiger partial charge in [-0.3, -0.25) is 0 Å². The van der Waals surface area contributed by atoms with Gasteiger partial charge in [0, 0.05) is 37.9 Å². The first-order valence-corrected chi connectivity index (χ1v) is 7.10. The largest absolute Gasteiger partial charge is 0.396 e. The van der Waals surface area contributed by atoms with Gasteiger partial charge in [0.25, 0.3) is 0 Å². The highest BCUT2D eigenvalue weighted by Gasteiger charge is 2.32. The monoisotopic (exact) mass is 251 g/mol. The Morgan fingerprint density at radius 3 is 2.89 bits per heavy atom. The molecule has 0 spiro atoms. The Balaban J connectivity index is 1.82. The predicted molar refractivity (Wildman–Crippen MR) is 72.2 cm³/mol. The minimum atomic E-state index is 0.135.